The van der Waals surface area contributed by atoms with Crippen molar-refractivity contribution in [3.63, 3.8) is 0 Å². The minimum atomic E-state index is 0. The van der Waals surface area contributed by atoms with Gasteiger partial charge in [-0.1, -0.05) is 41.7 Å². The number of hydrogen-bond acceptors (Lipinski definition) is 2. The predicted molar refractivity (Wildman–Crippen MR) is 58.4 cm³/mol. The molecule has 1 aromatic heterocycles. The molecule has 1 aliphatic heterocycles. The number of aromatic nitrogens is 1. The molecule has 3 rings (SSSR count). The quantitative estimate of drug-likeness (QED) is 0.639. The fourth-order valence-electron chi connectivity index (χ4n) is 1.81. The summed E-state index contributed by atoms with van der Waals surface area (Å²) in [6.07, 6.45) is 0. The van der Waals surface area contributed by atoms with Crippen LogP contribution >= 0.6 is 11.3 Å². The third-order valence-corrected chi connectivity index (χ3v) is 3.43. The van der Waals surface area contributed by atoms with Crippen molar-refractivity contribution in [3.05, 3.63) is 35.7 Å². The van der Waals surface area contributed by atoms with E-state index in [-0.39, 0.29) is 12.4 Å². The molecule has 0 aliphatic carbocycles. The van der Waals surface area contributed by atoms with Crippen molar-refractivity contribution < 1.29 is 17.0 Å². The van der Waals surface area contributed by atoms with E-state index in [4.69, 9.17) is 0 Å². The van der Waals surface area contributed by atoms with E-state index in [1.54, 1.807) is 11.3 Å². The van der Waals surface area contributed by atoms with E-state index < -0.39 is 0 Å². The number of anilines is 1. The van der Waals surface area contributed by atoms with Crippen LogP contribution in [0, 0.1) is 0 Å². The number of fused-ring (bicyclic) bond motifs is 1. The van der Waals surface area contributed by atoms with Crippen molar-refractivity contribution in [2.24, 2.45) is 0 Å². The van der Waals surface area contributed by atoms with E-state index in [1.807, 2.05) is 0 Å². The van der Waals surface area contributed by atoms with Crippen molar-refractivity contribution in [3.8, 4) is 11.3 Å². The van der Waals surface area contributed by atoms with Gasteiger partial charge in [-0.05, 0) is 0 Å². The van der Waals surface area contributed by atoms with Crippen LogP contribution in [0.15, 0.2) is 35.7 Å². The lowest BCUT2D eigenvalue weighted by Crippen LogP contribution is -3.00. The van der Waals surface area contributed by atoms with Crippen LogP contribution in [0.1, 0.15) is 0 Å². The van der Waals surface area contributed by atoms with Gasteiger partial charge in [0.15, 0.2) is 0 Å². The summed E-state index contributed by atoms with van der Waals surface area (Å²) in [5.41, 5.74) is 2.63. The van der Waals surface area contributed by atoms with Crippen LogP contribution in [0.25, 0.3) is 11.3 Å². The SMILES string of the molecule is [Cl-].c1ccc(-c2csc3[n+]2CCN3)cc1. The molecule has 0 bridgehead atoms. The maximum atomic E-state index is 3.37. The Kier molecular flexibility index (Phi) is 2.93. The summed E-state index contributed by atoms with van der Waals surface area (Å²) in [6.45, 7) is 2.15. The lowest BCUT2D eigenvalue weighted by atomic mass is 10.2. The minimum Gasteiger partial charge on any atom is -1.00 e. The van der Waals surface area contributed by atoms with Crippen LogP contribution in [0.5, 0.6) is 0 Å². The summed E-state index contributed by atoms with van der Waals surface area (Å²) in [6, 6.07) is 10.5. The Hall–Kier alpha value is -1.06. The zero-order chi connectivity index (χ0) is 9.38. The van der Waals surface area contributed by atoms with Gasteiger partial charge in [-0.3, -0.25) is 5.32 Å². The second-order valence-corrected chi connectivity index (χ2v) is 4.23. The van der Waals surface area contributed by atoms with Gasteiger partial charge in [-0.25, -0.2) is 4.57 Å². The molecule has 0 amide bonds. The molecule has 1 N–H and O–H groups in total. The third-order valence-electron chi connectivity index (χ3n) is 2.50. The van der Waals surface area contributed by atoms with Crippen LogP contribution < -0.4 is 22.3 Å². The lowest BCUT2D eigenvalue weighted by Gasteiger charge is -1.97. The van der Waals surface area contributed by atoms with Gasteiger partial charge in [0.05, 0.1) is 0 Å². The van der Waals surface area contributed by atoms with Gasteiger partial charge in [0, 0.05) is 10.9 Å². The standard InChI is InChI=1S/C11H10N2S.ClH/c1-2-4-9(5-3-1)10-8-14-11-12-6-7-13(10)11;/h1-5,8H,6-7H2;1H. The Labute approximate surface area is 99.0 Å². The smallest absolute Gasteiger partial charge is 0.334 e. The molecule has 0 saturated heterocycles. The number of rotatable bonds is 1. The summed E-state index contributed by atoms with van der Waals surface area (Å²) in [5, 5.41) is 6.87. The lowest BCUT2D eigenvalue weighted by molar-refractivity contribution is -0.655. The Morgan fingerprint density at radius 2 is 2.00 bits per heavy atom. The van der Waals surface area contributed by atoms with Crippen LogP contribution in [-0.2, 0) is 6.54 Å². The summed E-state index contributed by atoms with van der Waals surface area (Å²) in [7, 11) is 0. The molecule has 0 spiro atoms. The molecule has 0 unspecified atom stereocenters. The normalized spacial score (nSPS) is 12.8. The van der Waals surface area contributed by atoms with Crippen LogP contribution in [-0.4, -0.2) is 6.54 Å². The average molecular weight is 239 g/mol. The second kappa shape index (κ2) is 4.21. The van der Waals surface area contributed by atoms with Crippen LogP contribution in [0.3, 0.4) is 0 Å². The molecule has 2 heterocycles. The zero-order valence-electron chi connectivity index (χ0n) is 8.11. The maximum Gasteiger partial charge on any atom is 0.334 e. The Morgan fingerprint density at radius 1 is 1.20 bits per heavy atom. The van der Waals surface area contributed by atoms with Gasteiger partial charge in [0.2, 0.25) is 0 Å². The average Bonchev–Trinajstić information content (AvgIpc) is 2.79. The van der Waals surface area contributed by atoms with E-state index in [9.17, 15) is 0 Å². The first-order valence-corrected chi connectivity index (χ1v) is 5.64. The molecule has 2 nitrogen and oxygen atoms in total. The molecule has 78 valence electrons. The molecule has 1 aliphatic rings. The van der Waals surface area contributed by atoms with E-state index in [2.05, 4.69) is 45.6 Å². The number of hydrogen-bond donors (Lipinski definition) is 1. The first-order valence-electron chi connectivity index (χ1n) is 4.76. The summed E-state index contributed by atoms with van der Waals surface area (Å²) < 4.78 is 2.35. The van der Waals surface area contributed by atoms with Crippen molar-refractivity contribution in [1.29, 1.82) is 0 Å². The minimum absolute atomic E-state index is 0. The topological polar surface area (TPSA) is 15.9 Å². The van der Waals surface area contributed by atoms with Crippen molar-refractivity contribution in [2.75, 3.05) is 11.9 Å². The fourth-order valence-corrected chi connectivity index (χ4v) is 2.80. The van der Waals surface area contributed by atoms with Gasteiger partial charge in [0.25, 0.3) is 0 Å². The number of nitrogens with zero attached hydrogens (tertiary/aromatic N) is 1. The molecule has 2 aromatic rings. The number of nitrogens with one attached hydrogen (secondary N) is 1. The van der Waals surface area contributed by atoms with Gasteiger partial charge in [0.1, 0.15) is 18.8 Å². The highest BCUT2D eigenvalue weighted by Crippen LogP contribution is 2.24. The Balaban J connectivity index is 0.000000853. The van der Waals surface area contributed by atoms with E-state index in [0.29, 0.717) is 0 Å². The van der Waals surface area contributed by atoms with Crippen LogP contribution in [0.2, 0.25) is 0 Å². The van der Waals surface area contributed by atoms with E-state index in [0.717, 1.165) is 13.1 Å². The second-order valence-electron chi connectivity index (χ2n) is 3.37. The highest BCUT2D eigenvalue weighted by molar-refractivity contribution is 7.13. The summed E-state index contributed by atoms with van der Waals surface area (Å²) in [4.78, 5) is 0. The molecule has 0 saturated carbocycles. The highest BCUT2D eigenvalue weighted by atomic mass is 35.5. The molecular formula is C11H11ClN2S. The van der Waals surface area contributed by atoms with Gasteiger partial charge in [-0.2, -0.15) is 0 Å². The predicted octanol–water partition coefficient (Wildman–Crippen LogP) is -0.868. The molecular weight excluding hydrogens is 228 g/mol. The fraction of sp³-hybridized carbons (Fsp3) is 0.182. The Morgan fingerprint density at radius 3 is 2.80 bits per heavy atom. The number of thiazole rings is 1. The third kappa shape index (κ3) is 1.73. The van der Waals surface area contributed by atoms with Gasteiger partial charge < -0.3 is 12.4 Å². The Bertz CT molecular complexity index is 453. The van der Waals surface area contributed by atoms with Crippen LogP contribution in [0.4, 0.5) is 5.13 Å². The molecule has 0 radical (unpaired) electrons. The van der Waals surface area contributed by atoms with Gasteiger partial charge >= 0.3 is 5.13 Å². The monoisotopic (exact) mass is 238 g/mol. The van der Waals surface area contributed by atoms with E-state index in [1.165, 1.54) is 16.4 Å². The van der Waals surface area contributed by atoms with Crippen molar-refractivity contribution >= 4 is 16.5 Å². The summed E-state index contributed by atoms with van der Waals surface area (Å²) in [5.74, 6) is 0. The van der Waals surface area contributed by atoms with Gasteiger partial charge in [-0.15, -0.1) is 0 Å². The first-order chi connectivity index (χ1) is 6.95. The summed E-state index contributed by atoms with van der Waals surface area (Å²) >= 11 is 1.79. The molecule has 0 fully saturated rings. The maximum absolute atomic E-state index is 3.37. The van der Waals surface area contributed by atoms with E-state index >= 15 is 0 Å². The molecule has 1 aromatic carbocycles. The highest BCUT2D eigenvalue weighted by Gasteiger charge is 2.23. The number of benzene rings is 1. The molecule has 15 heavy (non-hydrogen) atoms. The van der Waals surface area contributed by atoms with Crippen molar-refractivity contribution in [1.82, 2.24) is 0 Å². The zero-order valence-corrected chi connectivity index (χ0v) is 9.68. The molecule has 4 heteroatoms. The first kappa shape index (κ1) is 10.5. The largest absolute Gasteiger partial charge is 1.00 e. The number of halogens is 1. The molecule has 0 atom stereocenters. The van der Waals surface area contributed by atoms with Crippen molar-refractivity contribution in [2.45, 2.75) is 6.54 Å².